The zero-order valence-corrected chi connectivity index (χ0v) is 10.8. The highest BCUT2D eigenvalue weighted by atomic mass is 35.5. The maximum Gasteiger partial charge on any atom is 0.258 e. The van der Waals surface area contributed by atoms with Crippen molar-refractivity contribution >= 4 is 11.6 Å². The fourth-order valence-electron chi connectivity index (χ4n) is 2.26. The molecule has 2 rings (SSSR count). The maximum atomic E-state index is 13.4. The van der Waals surface area contributed by atoms with E-state index in [9.17, 15) is 18.3 Å². The lowest BCUT2D eigenvalue weighted by molar-refractivity contribution is 0.0168. The van der Waals surface area contributed by atoms with Crippen molar-refractivity contribution in [3.8, 4) is 5.75 Å². The summed E-state index contributed by atoms with van der Waals surface area (Å²) in [6.07, 6.45) is -2.73. The van der Waals surface area contributed by atoms with Gasteiger partial charge in [-0.3, -0.25) is 4.90 Å². The Morgan fingerprint density at radius 1 is 1.26 bits per heavy atom. The van der Waals surface area contributed by atoms with E-state index in [1.807, 2.05) is 0 Å². The Labute approximate surface area is 114 Å². The monoisotopic (exact) mass is 294 g/mol. The lowest BCUT2D eigenvalue weighted by atomic mass is 10.0. The lowest BCUT2D eigenvalue weighted by Gasteiger charge is -2.34. The highest BCUT2D eigenvalue weighted by molar-refractivity contribution is 6.30. The molecule has 0 aromatic heterocycles. The molecule has 3 nitrogen and oxygen atoms in total. The van der Waals surface area contributed by atoms with E-state index in [4.69, 9.17) is 11.6 Å². The lowest BCUT2D eigenvalue weighted by Crippen LogP contribution is -2.46. The molecule has 1 saturated heterocycles. The summed E-state index contributed by atoms with van der Waals surface area (Å²) in [6, 6.07) is 0.745. The minimum absolute atomic E-state index is 0.00826. The quantitative estimate of drug-likeness (QED) is 0.898. The second kappa shape index (κ2) is 5.98. The summed E-state index contributed by atoms with van der Waals surface area (Å²) >= 11 is 5.68. The van der Waals surface area contributed by atoms with Crippen LogP contribution in [0.3, 0.4) is 0 Å². The molecule has 7 heteroatoms. The number of nitrogens with zero attached hydrogens (tertiary/aromatic N) is 1. The van der Waals surface area contributed by atoms with E-state index < -0.39 is 24.0 Å². The Balaban J connectivity index is 2.38. The second-order valence-corrected chi connectivity index (χ2v) is 4.83. The van der Waals surface area contributed by atoms with Gasteiger partial charge in [0.15, 0.2) is 11.6 Å². The van der Waals surface area contributed by atoms with E-state index in [0.717, 1.165) is 6.07 Å². The number of halogens is 4. The van der Waals surface area contributed by atoms with Gasteiger partial charge in [0.25, 0.3) is 6.43 Å². The van der Waals surface area contributed by atoms with Crippen LogP contribution in [0.1, 0.15) is 11.6 Å². The van der Waals surface area contributed by atoms with Gasteiger partial charge in [-0.05, 0) is 12.1 Å². The van der Waals surface area contributed by atoms with E-state index in [1.54, 1.807) is 0 Å². The van der Waals surface area contributed by atoms with Crippen LogP contribution in [0.15, 0.2) is 12.1 Å². The van der Waals surface area contributed by atoms with Crippen molar-refractivity contribution in [3.05, 3.63) is 28.5 Å². The van der Waals surface area contributed by atoms with Crippen LogP contribution < -0.4 is 5.32 Å². The summed E-state index contributed by atoms with van der Waals surface area (Å²) in [5, 5.41) is 12.7. The Bertz CT molecular complexity index is 453. The van der Waals surface area contributed by atoms with Crippen molar-refractivity contribution in [1.82, 2.24) is 10.2 Å². The van der Waals surface area contributed by atoms with E-state index in [0.29, 0.717) is 26.2 Å². The third kappa shape index (κ3) is 3.13. The van der Waals surface area contributed by atoms with Gasteiger partial charge < -0.3 is 10.4 Å². The Kier molecular flexibility index (Phi) is 4.54. The van der Waals surface area contributed by atoms with Crippen LogP contribution >= 0.6 is 11.6 Å². The smallest absolute Gasteiger partial charge is 0.258 e. The molecule has 2 N–H and O–H groups in total. The Morgan fingerprint density at radius 3 is 2.47 bits per heavy atom. The second-order valence-electron chi connectivity index (χ2n) is 4.39. The van der Waals surface area contributed by atoms with Crippen molar-refractivity contribution < 1.29 is 18.3 Å². The van der Waals surface area contributed by atoms with Crippen LogP contribution in [0.25, 0.3) is 0 Å². The predicted octanol–water partition coefficient (Wildman–Crippen LogP) is 2.40. The fourth-order valence-corrected chi connectivity index (χ4v) is 2.48. The molecule has 1 aromatic rings. The van der Waals surface area contributed by atoms with Crippen LogP contribution in [0.5, 0.6) is 5.75 Å². The first-order valence-electron chi connectivity index (χ1n) is 5.91. The van der Waals surface area contributed by atoms with Crippen LogP contribution in [0.4, 0.5) is 13.2 Å². The van der Waals surface area contributed by atoms with E-state index in [1.165, 1.54) is 11.0 Å². The first-order chi connectivity index (χ1) is 9.00. The molecule has 106 valence electrons. The summed E-state index contributed by atoms with van der Waals surface area (Å²) < 4.78 is 40.0. The molecule has 0 spiro atoms. The number of hydrogen-bond donors (Lipinski definition) is 2. The van der Waals surface area contributed by atoms with Crippen LogP contribution in [0.2, 0.25) is 5.02 Å². The van der Waals surface area contributed by atoms with Gasteiger partial charge in [-0.1, -0.05) is 11.6 Å². The standard InChI is InChI=1S/C12H14ClF3N2O/c13-7-5-8(11(19)9(14)6-7)10(12(15)16)18-3-1-17-2-4-18/h5-6,10,12,17,19H,1-4H2/t10-/m1/s1. The average molecular weight is 295 g/mol. The predicted molar refractivity (Wildman–Crippen MR) is 66.3 cm³/mol. The van der Waals surface area contributed by atoms with Gasteiger partial charge in [0, 0.05) is 36.8 Å². The van der Waals surface area contributed by atoms with E-state index in [-0.39, 0.29) is 10.6 Å². The summed E-state index contributed by atoms with van der Waals surface area (Å²) in [5.41, 5.74) is -0.165. The largest absolute Gasteiger partial charge is 0.505 e. The highest BCUT2D eigenvalue weighted by Crippen LogP contribution is 2.37. The summed E-state index contributed by atoms with van der Waals surface area (Å²) in [6.45, 7) is 1.96. The molecule has 19 heavy (non-hydrogen) atoms. The topological polar surface area (TPSA) is 35.5 Å². The van der Waals surface area contributed by atoms with Gasteiger partial charge >= 0.3 is 0 Å². The first kappa shape index (κ1) is 14.4. The van der Waals surface area contributed by atoms with Gasteiger partial charge in [0.1, 0.15) is 6.04 Å². The molecule has 0 radical (unpaired) electrons. The Hall–Kier alpha value is -0.980. The van der Waals surface area contributed by atoms with E-state index in [2.05, 4.69) is 5.32 Å². The summed E-state index contributed by atoms with van der Waals surface area (Å²) in [7, 11) is 0. The average Bonchev–Trinajstić information content (AvgIpc) is 2.36. The van der Waals surface area contributed by atoms with Crippen LogP contribution in [-0.2, 0) is 0 Å². The third-order valence-corrected chi connectivity index (χ3v) is 3.38. The molecule has 1 fully saturated rings. The van der Waals surface area contributed by atoms with Crippen molar-refractivity contribution in [1.29, 1.82) is 0 Å². The minimum Gasteiger partial charge on any atom is -0.505 e. The molecule has 0 aliphatic carbocycles. The SMILES string of the molecule is Oc1c(F)cc(Cl)cc1[C@H](C(F)F)N1CCNCC1. The van der Waals surface area contributed by atoms with Crippen molar-refractivity contribution in [2.75, 3.05) is 26.2 Å². The molecule has 1 atom stereocenters. The fraction of sp³-hybridized carbons (Fsp3) is 0.500. The summed E-state index contributed by atoms with van der Waals surface area (Å²) in [5.74, 6) is -1.74. The molecule has 1 aliphatic heterocycles. The molecular formula is C12H14ClF3N2O. The van der Waals surface area contributed by atoms with Gasteiger partial charge in [0.05, 0.1) is 0 Å². The number of hydrogen-bond acceptors (Lipinski definition) is 3. The number of aromatic hydroxyl groups is 1. The third-order valence-electron chi connectivity index (χ3n) is 3.16. The Morgan fingerprint density at radius 2 is 1.89 bits per heavy atom. The molecule has 0 saturated carbocycles. The molecule has 0 amide bonds. The zero-order chi connectivity index (χ0) is 14.0. The van der Waals surface area contributed by atoms with E-state index >= 15 is 0 Å². The molecule has 1 aromatic carbocycles. The molecule has 0 bridgehead atoms. The minimum atomic E-state index is -2.73. The van der Waals surface area contributed by atoms with Gasteiger partial charge in [-0.25, -0.2) is 13.2 Å². The first-order valence-corrected chi connectivity index (χ1v) is 6.29. The van der Waals surface area contributed by atoms with Gasteiger partial charge in [-0.15, -0.1) is 0 Å². The highest BCUT2D eigenvalue weighted by Gasteiger charge is 2.33. The normalized spacial score (nSPS) is 18.8. The van der Waals surface area contributed by atoms with Gasteiger partial charge in [-0.2, -0.15) is 0 Å². The van der Waals surface area contributed by atoms with Crippen LogP contribution in [0, 0.1) is 5.82 Å². The molecule has 1 aliphatic rings. The molecule has 0 unspecified atom stereocenters. The number of alkyl halides is 2. The molecular weight excluding hydrogens is 281 g/mol. The van der Waals surface area contributed by atoms with Gasteiger partial charge in [0.2, 0.25) is 0 Å². The summed E-state index contributed by atoms with van der Waals surface area (Å²) in [4.78, 5) is 1.52. The number of rotatable bonds is 3. The number of nitrogens with one attached hydrogen (secondary N) is 1. The van der Waals surface area contributed by atoms with Crippen molar-refractivity contribution in [2.45, 2.75) is 12.5 Å². The number of benzene rings is 1. The zero-order valence-electron chi connectivity index (χ0n) is 10.0. The molecule has 1 heterocycles. The number of piperazine rings is 1. The number of phenols is 1. The van der Waals surface area contributed by atoms with Crippen molar-refractivity contribution in [2.24, 2.45) is 0 Å². The van der Waals surface area contributed by atoms with Crippen LogP contribution in [-0.4, -0.2) is 42.6 Å². The maximum absolute atomic E-state index is 13.4. The number of phenolic OH excluding ortho intramolecular Hbond substituents is 1. The van der Waals surface area contributed by atoms with Crippen molar-refractivity contribution in [3.63, 3.8) is 0 Å².